The number of benzene rings is 1. The van der Waals surface area contributed by atoms with Crippen LogP contribution in [0.4, 0.5) is 26.6 Å². The molecule has 8 heteroatoms. The summed E-state index contributed by atoms with van der Waals surface area (Å²) in [6.07, 6.45) is 0. The number of carbonyl (C=O) groups is 1. The van der Waals surface area contributed by atoms with Gasteiger partial charge in [-0.1, -0.05) is 17.7 Å². The van der Waals surface area contributed by atoms with Gasteiger partial charge in [0.2, 0.25) is 5.95 Å². The molecular formula is C14H16FN5O2. The number of hydrogen-bond donors (Lipinski definition) is 3. The second kappa shape index (κ2) is 6.81. The van der Waals surface area contributed by atoms with E-state index in [2.05, 4.69) is 30.9 Å². The van der Waals surface area contributed by atoms with E-state index in [9.17, 15) is 9.18 Å². The zero-order valence-corrected chi connectivity index (χ0v) is 12.4. The maximum Gasteiger partial charge on any atom is 0.326 e. The Kier molecular flexibility index (Phi) is 4.84. The minimum Gasteiger partial charge on any atom is -0.308 e. The van der Waals surface area contributed by atoms with Crippen molar-refractivity contribution < 1.29 is 14.0 Å². The van der Waals surface area contributed by atoms with Crippen LogP contribution in [0.2, 0.25) is 0 Å². The molecule has 116 valence electrons. The Morgan fingerprint density at radius 1 is 1.14 bits per heavy atom. The average Bonchev–Trinajstić information content (AvgIpc) is 2.47. The number of carbonyl (C=O) groups excluding carboxylic acids is 1. The fraction of sp³-hybridized carbons (Fsp3) is 0.214. The Morgan fingerprint density at radius 3 is 2.45 bits per heavy atom. The third-order valence-corrected chi connectivity index (χ3v) is 2.75. The third kappa shape index (κ3) is 3.89. The Balaban J connectivity index is 2.09. The molecule has 0 aliphatic heterocycles. The number of aryl methyl sites for hydroxylation is 2. The van der Waals surface area contributed by atoms with Crippen LogP contribution in [-0.4, -0.2) is 23.1 Å². The van der Waals surface area contributed by atoms with E-state index in [0.29, 0.717) is 5.69 Å². The lowest BCUT2D eigenvalue weighted by atomic mass is 10.2. The van der Waals surface area contributed by atoms with E-state index in [0.717, 1.165) is 5.56 Å². The maximum atomic E-state index is 13.7. The summed E-state index contributed by atoms with van der Waals surface area (Å²) in [6, 6.07) is 6.75. The van der Waals surface area contributed by atoms with E-state index in [4.69, 9.17) is 0 Å². The number of nitrogens with one attached hydrogen (secondary N) is 3. The van der Waals surface area contributed by atoms with Gasteiger partial charge in [0.15, 0.2) is 11.6 Å². The van der Waals surface area contributed by atoms with Crippen molar-refractivity contribution in [3.63, 3.8) is 0 Å². The predicted molar refractivity (Wildman–Crippen MR) is 81.2 cm³/mol. The predicted octanol–water partition coefficient (Wildman–Crippen LogP) is 2.85. The highest BCUT2D eigenvalue weighted by molar-refractivity contribution is 5.98. The Labute approximate surface area is 126 Å². The fourth-order valence-electron chi connectivity index (χ4n) is 1.68. The topological polar surface area (TPSA) is 88.2 Å². The lowest BCUT2D eigenvalue weighted by Gasteiger charge is -2.10. The minimum absolute atomic E-state index is 0.0388. The molecule has 1 aromatic heterocycles. The summed E-state index contributed by atoms with van der Waals surface area (Å²) in [4.78, 5) is 24.2. The lowest BCUT2D eigenvalue weighted by molar-refractivity contribution is 0.261. The SMILES string of the molecule is CONc1nc(NC(=O)Nc2ccc(C)cc2)nc(C)c1F. The zero-order chi connectivity index (χ0) is 16.1. The van der Waals surface area contributed by atoms with Crippen LogP contribution in [-0.2, 0) is 4.84 Å². The highest BCUT2D eigenvalue weighted by Crippen LogP contribution is 2.16. The molecule has 7 nitrogen and oxygen atoms in total. The highest BCUT2D eigenvalue weighted by Gasteiger charge is 2.13. The number of hydrogen-bond acceptors (Lipinski definition) is 5. The molecular weight excluding hydrogens is 289 g/mol. The summed E-state index contributed by atoms with van der Waals surface area (Å²) in [5.74, 6) is -0.838. The van der Waals surface area contributed by atoms with Gasteiger partial charge in [-0.25, -0.2) is 19.6 Å². The van der Waals surface area contributed by atoms with Crippen molar-refractivity contribution in [1.82, 2.24) is 9.97 Å². The molecule has 0 unspecified atom stereocenters. The number of nitrogens with zero attached hydrogens (tertiary/aromatic N) is 2. The highest BCUT2D eigenvalue weighted by atomic mass is 19.1. The van der Waals surface area contributed by atoms with Crippen molar-refractivity contribution in [2.24, 2.45) is 0 Å². The molecule has 22 heavy (non-hydrogen) atoms. The lowest BCUT2D eigenvalue weighted by Crippen LogP contribution is -2.21. The molecule has 0 bridgehead atoms. The standard InChI is InChI=1S/C14H16FN5O2/c1-8-4-6-10(7-5-8)17-14(21)19-13-16-9(2)11(15)12(18-13)20-22-3/h4-7H,1-3H3,(H3,16,17,18,19,20,21). The van der Waals surface area contributed by atoms with Gasteiger partial charge < -0.3 is 5.32 Å². The number of rotatable bonds is 4. The van der Waals surface area contributed by atoms with Gasteiger partial charge in [0, 0.05) is 5.69 Å². The van der Waals surface area contributed by atoms with Crippen LogP contribution in [0.15, 0.2) is 24.3 Å². The van der Waals surface area contributed by atoms with E-state index in [1.54, 1.807) is 12.1 Å². The summed E-state index contributed by atoms with van der Waals surface area (Å²) >= 11 is 0. The van der Waals surface area contributed by atoms with Crippen molar-refractivity contribution in [3.8, 4) is 0 Å². The molecule has 3 N–H and O–H groups in total. The van der Waals surface area contributed by atoms with E-state index in [1.165, 1.54) is 14.0 Å². The molecule has 0 aliphatic carbocycles. The molecule has 2 aromatic rings. The quantitative estimate of drug-likeness (QED) is 0.756. The minimum atomic E-state index is -0.647. The Hall–Kier alpha value is -2.74. The van der Waals surface area contributed by atoms with Crippen LogP contribution in [0.3, 0.4) is 0 Å². The normalized spacial score (nSPS) is 10.2. The summed E-state index contributed by atoms with van der Waals surface area (Å²) in [7, 11) is 1.33. The molecule has 0 radical (unpaired) electrons. The largest absolute Gasteiger partial charge is 0.326 e. The monoisotopic (exact) mass is 305 g/mol. The summed E-state index contributed by atoms with van der Waals surface area (Å²) in [5, 5.41) is 5.07. The second-order valence-electron chi connectivity index (χ2n) is 4.55. The first-order chi connectivity index (χ1) is 10.5. The van der Waals surface area contributed by atoms with Crippen LogP contribution in [0, 0.1) is 19.7 Å². The summed E-state index contributed by atoms with van der Waals surface area (Å²) in [6.45, 7) is 3.41. The second-order valence-corrected chi connectivity index (χ2v) is 4.55. The Morgan fingerprint density at radius 2 is 1.82 bits per heavy atom. The first-order valence-electron chi connectivity index (χ1n) is 6.47. The van der Waals surface area contributed by atoms with E-state index >= 15 is 0 Å². The van der Waals surface area contributed by atoms with Gasteiger partial charge in [-0.3, -0.25) is 10.2 Å². The summed E-state index contributed by atoms with van der Waals surface area (Å²) < 4.78 is 13.7. The van der Waals surface area contributed by atoms with Gasteiger partial charge in [-0.05, 0) is 26.0 Å². The number of halogens is 1. The number of urea groups is 1. The molecule has 2 rings (SSSR count). The van der Waals surface area contributed by atoms with Crippen LogP contribution in [0.25, 0.3) is 0 Å². The van der Waals surface area contributed by atoms with Crippen LogP contribution in [0.5, 0.6) is 0 Å². The molecule has 0 atom stereocenters. The molecule has 1 heterocycles. The van der Waals surface area contributed by atoms with Gasteiger partial charge in [0.25, 0.3) is 0 Å². The van der Waals surface area contributed by atoms with Crippen LogP contribution >= 0.6 is 0 Å². The molecule has 0 saturated carbocycles. The van der Waals surface area contributed by atoms with Gasteiger partial charge in [-0.2, -0.15) is 4.98 Å². The van der Waals surface area contributed by atoms with Gasteiger partial charge in [0.1, 0.15) is 0 Å². The molecule has 0 spiro atoms. The fourth-order valence-corrected chi connectivity index (χ4v) is 1.68. The van der Waals surface area contributed by atoms with Crippen molar-refractivity contribution in [1.29, 1.82) is 0 Å². The first kappa shape index (κ1) is 15.6. The van der Waals surface area contributed by atoms with Crippen molar-refractivity contribution >= 4 is 23.5 Å². The molecule has 1 aromatic carbocycles. The van der Waals surface area contributed by atoms with Gasteiger partial charge in [-0.15, -0.1) is 0 Å². The van der Waals surface area contributed by atoms with Crippen molar-refractivity contribution in [2.75, 3.05) is 23.2 Å². The molecule has 0 aliphatic rings. The zero-order valence-electron chi connectivity index (χ0n) is 12.4. The van der Waals surface area contributed by atoms with E-state index < -0.39 is 11.8 Å². The summed E-state index contributed by atoms with van der Waals surface area (Å²) in [5.41, 5.74) is 4.08. The smallest absolute Gasteiger partial charge is 0.308 e. The Bertz CT molecular complexity index is 676. The van der Waals surface area contributed by atoms with Gasteiger partial charge in [0.05, 0.1) is 12.8 Å². The average molecular weight is 305 g/mol. The van der Waals surface area contributed by atoms with Crippen molar-refractivity contribution in [2.45, 2.75) is 13.8 Å². The molecule has 0 saturated heterocycles. The number of anilines is 3. The maximum absolute atomic E-state index is 13.7. The van der Waals surface area contributed by atoms with Crippen molar-refractivity contribution in [3.05, 3.63) is 41.3 Å². The number of aromatic nitrogens is 2. The first-order valence-corrected chi connectivity index (χ1v) is 6.47. The molecule has 2 amide bonds. The van der Waals surface area contributed by atoms with Crippen LogP contribution < -0.4 is 16.1 Å². The van der Waals surface area contributed by atoms with Crippen LogP contribution in [0.1, 0.15) is 11.3 Å². The van der Waals surface area contributed by atoms with E-state index in [1.807, 2.05) is 19.1 Å². The van der Waals surface area contributed by atoms with Gasteiger partial charge >= 0.3 is 6.03 Å². The number of amides is 2. The third-order valence-electron chi connectivity index (χ3n) is 2.75. The molecule has 0 fully saturated rings. The van der Waals surface area contributed by atoms with E-state index in [-0.39, 0.29) is 17.5 Å².